The van der Waals surface area contributed by atoms with Crippen LogP contribution in [0.5, 0.6) is 0 Å². The zero-order chi connectivity index (χ0) is 15.6. The van der Waals surface area contributed by atoms with Crippen LogP contribution in [0.15, 0.2) is 41.8 Å². The Hall–Kier alpha value is -1.50. The minimum Gasteiger partial charge on any atom is -0.358 e. The molecule has 118 valence electrons. The van der Waals surface area contributed by atoms with E-state index in [9.17, 15) is 0 Å². The van der Waals surface area contributed by atoms with E-state index in [2.05, 4.69) is 45.9 Å². The van der Waals surface area contributed by atoms with Gasteiger partial charge in [0.05, 0.1) is 22.8 Å². The zero-order valence-electron chi connectivity index (χ0n) is 12.6. The third-order valence-electron chi connectivity index (χ3n) is 4.10. The van der Waals surface area contributed by atoms with Crippen molar-refractivity contribution in [1.29, 1.82) is 0 Å². The van der Waals surface area contributed by atoms with E-state index in [1.165, 1.54) is 21.0 Å². The molecule has 0 unspecified atom stereocenters. The third kappa shape index (κ3) is 3.11. The fraction of sp³-hybridized carbons (Fsp3) is 0.294. The van der Waals surface area contributed by atoms with Crippen LogP contribution in [0.4, 0.5) is 0 Å². The normalized spacial score (nSPS) is 17.7. The number of benzene rings is 1. The number of thiophene rings is 1. The quantitative estimate of drug-likeness (QED) is 0.694. The number of hydrogen-bond donors (Lipinski definition) is 1. The lowest BCUT2D eigenvalue weighted by molar-refractivity contribution is 0.393. The van der Waals surface area contributed by atoms with Crippen LogP contribution in [-0.4, -0.2) is 21.5 Å². The van der Waals surface area contributed by atoms with Crippen molar-refractivity contribution in [2.45, 2.75) is 25.4 Å². The molecule has 3 aromatic rings. The fourth-order valence-electron chi connectivity index (χ4n) is 2.98. The van der Waals surface area contributed by atoms with E-state index in [0.29, 0.717) is 6.04 Å². The van der Waals surface area contributed by atoms with Crippen molar-refractivity contribution in [2.75, 3.05) is 6.54 Å². The van der Waals surface area contributed by atoms with Crippen molar-refractivity contribution >= 4 is 50.2 Å². The molecule has 0 spiro atoms. The van der Waals surface area contributed by atoms with E-state index < -0.39 is 0 Å². The molecule has 0 saturated carbocycles. The van der Waals surface area contributed by atoms with Crippen molar-refractivity contribution in [3.8, 4) is 0 Å². The van der Waals surface area contributed by atoms with Gasteiger partial charge >= 0.3 is 0 Å². The average molecular weight is 360 g/mol. The molecule has 2 aromatic heterocycles. The summed E-state index contributed by atoms with van der Waals surface area (Å²) < 4.78 is 1.26. The summed E-state index contributed by atoms with van der Waals surface area (Å²) in [6.45, 7) is 1.82. The van der Waals surface area contributed by atoms with Crippen LogP contribution < -0.4 is 5.32 Å². The molecule has 1 saturated heterocycles. The summed E-state index contributed by atoms with van der Waals surface area (Å²) in [5, 5.41) is 7.53. The molecule has 1 fully saturated rings. The summed E-state index contributed by atoms with van der Waals surface area (Å²) in [5.41, 5.74) is 1.09. The first-order valence-corrected chi connectivity index (χ1v) is 9.84. The van der Waals surface area contributed by atoms with E-state index in [-0.39, 0.29) is 0 Å². The summed E-state index contributed by atoms with van der Waals surface area (Å²) in [6, 6.07) is 12.9. The molecular weight excluding hydrogens is 342 g/mol. The molecule has 1 atom stereocenters. The van der Waals surface area contributed by atoms with Gasteiger partial charge in [-0.2, -0.15) is 0 Å². The SMILES string of the molecule is S=C(NCc1cccs1)N1CCC[C@H]1c1nc2ccccc2s1. The highest BCUT2D eigenvalue weighted by Crippen LogP contribution is 2.36. The molecule has 0 amide bonds. The van der Waals surface area contributed by atoms with Gasteiger partial charge in [0.2, 0.25) is 0 Å². The number of aromatic nitrogens is 1. The van der Waals surface area contributed by atoms with Gasteiger partial charge in [-0.1, -0.05) is 18.2 Å². The molecular formula is C17H17N3S3. The molecule has 0 radical (unpaired) electrons. The highest BCUT2D eigenvalue weighted by molar-refractivity contribution is 7.80. The van der Waals surface area contributed by atoms with Crippen molar-refractivity contribution in [2.24, 2.45) is 0 Å². The Morgan fingerprint density at radius 1 is 1.30 bits per heavy atom. The Bertz CT molecular complexity index is 776. The van der Waals surface area contributed by atoms with Gasteiger partial charge in [-0.15, -0.1) is 22.7 Å². The molecule has 0 bridgehead atoms. The van der Waals surface area contributed by atoms with Crippen molar-refractivity contribution in [3.63, 3.8) is 0 Å². The van der Waals surface area contributed by atoms with Crippen molar-refractivity contribution in [3.05, 3.63) is 51.7 Å². The number of para-hydroxylation sites is 1. The van der Waals surface area contributed by atoms with Gasteiger partial charge in [0.15, 0.2) is 5.11 Å². The van der Waals surface area contributed by atoms with E-state index in [4.69, 9.17) is 17.2 Å². The fourth-order valence-corrected chi connectivity index (χ4v) is 5.03. The summed E-state index contributed by atoms with van der Waals surface area (Å²) in [6.07, 6.45) is 2.29. The minimum atomic E-state index is 0.315. The van der Waals surface area contributed by atoms with Crippen LogP contribution in [0.3, 0.4) is 0 Å². The summed E-state index contributed by atoms with van der Waals surface area (Å²) in [4.78, 5) is 8.44. The molecule has 23 heavy (non-hydrogen) atoms. The third-order valence-corrected chi connectivity index (χ3v) is 6.50. The Balaban J connectivity index is 1.50. The molecule has 3 nitrogen and oxygen atoms in total. The topological polar surface area (TPSA) is 28.2 Å². The molecule has 1 N–H and O–H groups in total. The second kappa shape index (κ2) is 6.55. The maximum Gasteiger partial charge on any atom is 0.169 e. The Labute approximate surface area is 149 Å². The van der Waals surface area contributed by atoms with Crippen LogP contribution >= 0.6 is 34.9 Å². The van der Waals surface area contributed by atoms with E-state index in [0.717, 1.165) is 30.1 Å². The standard InChI is InChI=1S/C17H17N3S3/c21-17(18-11-12-5-4-10-22-12)20-9-3-7-14(20)16-19-13-6-1-2-8-15(13)23-16/h1-2,4-6,8,10,14H,3,7,9,11H2,(H,18,21)/t14-/m0/s1. The second-order valence-corrected chi connectivity index (χ2v) is 8.09. The van der Waals surface area contributed by atoms with Crippen LogP contribution in [0.1, 0.15) is 28.8 Å². The van der Waals surface area contributed by atoms with E-state index >= 15 is 0 Å². The first kappa shape index (κ1) is 15.1. The van der Waals surface area contributed by atoms with Crippen molar-refractivity contribution < 1.29 is 0 Å². The summed E-state index contributed by atoms with van der Waals surface area (Å²) >= 11 is 9.19. The molecule has 1 aliphatic heterocycles. The Kier molecular flexibility index (Phi) is 4.29. The first-order chi connectivity index (χ1) is 11.3. The van der Waals surface area contributed by atoms with Gasteiger partial charge in [-0.05, 0) is 48.6 Å². The molecule has 4 rings (SSSR count). The predicted molar refractivity (Wildman–Crippen MR) is 102 cm³/mol. The lowest BCUT2D eigenvalue weighted by Gasteiger charge is -2.26. The minimum absolute atomic E-state index is 0.315. The number of likely N-dealkylation sites (tertiary alicyclic amines) is 1. The maximum absolute atomic E-state index is 5.64. The number of nitrogens with zero attached hydrogens (tertiary/aromatic N) is 2. The van der Waals surface area contributed by atoms with Gasteiger partial charge in [0, 0.05) is 11.4 Å². The van der Waals surface area contributed by atoms with Gasteiger partial charge in [-0.3, -0.25) is 0 Å². The number of thiocarbonyl (C=S) groups is 1. The van der Waals surface area contributed by atoms with Crippen LogP contribution in [-0.2, 0) is 6.54 Å². The molecule has 3 heterocycles. The maximum atomic E-state index is 5.64. The molecule has 1 aromatic carbocycles. The highest BCUT2D eigenvalue weighted by Gasteiger charge is 2.30. The van der Waals surface area contributed by atoms with Crippen LogP contribution in [0, 0.1) is 0 Å². The smallest absolute Gasteiger partial charge is 0.169 e. The van der Waals surface area contributed by atoms with Crippen LogP contribution in [0.25, 0.3) is 10.2 Å². The van der Waals surface area contributed by atoms with E-state index in [1.54, 1.807) is 22.7 Å². The Morgan fingerprint density at radius 2 is 2.22 bits per heavy atom. The Morgan fingerprint density at radius 3 is 3.04 bits per heavy atom. The molecule has 1 aliphatic rings. The lowest BCUT2D eigenvalue weighted by Crippen LogP contribution is -2.38. The highest BCUT2D eigenvalue weighted by atomic mass is 32.1. The monoisotopic (exact) mass is 359 g/mol. The van der Waals surface area contributed by atoms with Crippen molar-refractivity contribution in [1.82, 2.24) is 15.2 Å². The lowest BCUT2D eigenvalue weighted by atomic mass is 10.2. The van der Waals surface area contributed by atoms with Gasteiger partial charge in [0.1, 0.15) is 5.01 Å². The second-order valence-electron chi connectivity index (χ2n) is 5.61. The summed E-state index contributed by atoms with van der Waals surface area (Å²) in [7, 11) is 0. The van der Waals surface area contributed by atoms with Gasteiger partial charge in [0.25, 0.3) is 0 Å². The number of thiazole rings is 1. The molecule has 6 heteroatoms. The molecule has 0 aliphatic carbocycles. The first-order valence-electron chi connectivity index (χ1n) is 7.73. The van der Waals surface area contributed by atoms with Gasteiger partial charge in [-0.25, -0.2) is 4.98 Å². The number of rotatable bonds is 3. The number of hydrogen-bond acceptors (Lipinski definition) is 4. The number of nitrogens with one attached hydrogen (secondary N) is 1. The van der Waals surface area contributed by atoms with E-state index in [1.807, 2.05) is 6.07 Å². The number of fused-ring (bicyclic) bond motifs is 1. The van der Waals surface area contributed by atoms with Gasteiger partial charge < -0.3 is 10.2 Å². The van der Waals surface area contributed by atoms with Crippen LogP contribution in [0.2, 0.25) is 0 Å². The average Bonchev–Trinajstić information content (AvgIpc) is 3.31. The summed E-state index contributed by atoms with van der Waals surface area (Å²) in [5.74, 6) is 0. The largest absolute Gasteiger partial charge is 0.358 e. The zero-order valence-corrected chi connectivity index (χ0v) is 15.0. The predicted octanol–water partition coefficient (Wildman–Crippen LogP) is 4.57.